The van der Waals surface area contributed by atoms with Gasteiger partial charge in [-0.15, -0.1) is 0 Å². The van der Waals surface area contributed by atoms with E-state index in [4.69, 9.17) is 9.47 Å². The zero-order chi connectivity index (χ0) is 12.6. The van der Waals surface area contributed by atoms with Gasteiger partial charge in [-0.3, -0.25) is 4.99 Å². The first-order valence-electron chi connectivity index (χ1n) is 5.55. The molecule has 0 aliphatic carbocycles. The molecule has 2 aliphatic rings. The third-order valence-electron chi connectivity index (χ3n) is 3.15. The Hall–Kier alpha value is -0.340. The average molecular weight is 262 g/mol. The van der Waals surface area contributed by atoms with Crippen LogP contribution in [0.15, 0.2) is 4.99 Å². The molecule has 17 heavy (non-hydrogen) atoms. The Bertz CT molecular complexity index is 315. The molecule has 98 valence electrons. The molecule has 6 atom stereocenters. The highest BCUT2D eigenvalue weighted by Gasteiger charge is 2.49. The first kappa shape index (κ1) is 13.1. The minimum absolute atomic E-state index is 0.265. The van der Waals surface area contributed by atoms with Crippen LogP contribution in [0.4, 0.5) is 0 Å². The average Bonchev–Trinajstić information content (AvgIpc) is 2.76. The number of fused-ring (bicyclic) bond motifs is 1. The van der Waals surface area contributed by atoms with Gasteiger partial charge in [0.2, 0.25) is 0 Å². The minimum Gasteiger partial charge on any atom is -0.388 e. The number of ether oxygens (including phenoxy) is 2. The second-order valence-corrected chi connectivity index (χ2v) is 5.27. The van der Waals surface area contributed by atoms with Gasteiger partial charge in [0.05, 0.1) is 6.10 Å². The molecule has 1 unspecified atom stereocenters. The fourth-order valence-electron chi connectivity index (χ4n) is 2.03. The molecule has 0 saturated carbocycles. The van der Waals surface area contributed by atoms with Gasteiger partial charge in [-0.05, 0) is 6.92 Å². The number of amidine groups is 1. The maximum atomic E-state index is 10.0. The first-order valence-corrected chi connectivity index (χ1v) is 6.43. The predicted octanol–water partition coefficient (Wildman–Crippen LogP) is -0.841. The lowest BCUT2D eigenvalue weighted by molar-refractivity contribution is -0.186. The Morgan fingerprint density at radius 1 is 1.47 bits per heavy atom. The summed E-state index contributed by atoms with van der Waals surface area (Å²) < 4.78 is 10.9. The monoisotopic (exact) mass is 262 g/mol. The highest BCUT2D eigenvalue weighted by Crippen LogP contribution is 2.36. The molecule has 0 radical (unpaired) electrons. The number of thioether (sulfide) groups is 1. The Balaban J connectivity index is 2.12. The van der Waals surface area contributed by atoms with E-state index in [0.29, 0.717) is 0 Å². The van der Waals surface area contributed by atoms with Gasteiger partial charge in [-0.25, -0.2) is 0 Å². The van der Waals surface area contributed by atoms with Crippen LogP contribution >= 0.6 is 11.8 Å². The molecule has 2 heterocycles. The Labute approximate surface area is 104 Å². The van der Waals surface area contributed by atoms with E-state index in [1.54, 1.807) is 21.1 Å². The number of aliphatic hydroxyl groups is 2. The topological polar surface area (TPSA) is 83.3 Å². The number of methoxy groups -OCH3 is 1. The summed E-state index contributed by atoms with van der Waals surface area (Å²) in [5, 5.41) is 23.7. The maximum Gasteiger partial charge on any atom is 0.159 e. The van der Waals surface area contributed by atoms with Gasteiger partial charge in [0.1, 0.15) is 29.8 Å². The summed E-state index contributed by atoms with van der Waals surface area (Å²) >= 11 is 1.42. The van der Waals surface area contributed by atoms with E-state index in [9.17, 15) is 10.2 Å². The smallest absolute Gasteiger partial charge is 0.159 e. The summed E-state index contributed by atoms with van der Waals surface area (Å²) in [6.07, 6.45) is -2.71. The van der Waals surface area contributed by atoms with Gasteiger partial charge in [0.15, 0.2) is 5.17 Å². The molecule has 0 spiro atoms. The second kappa shape index (κ2) is 5.11. The Morgan fingerprint density at radius 2 is 2.18 bits per heavy atom. The van der Waals surface area contributed by atoms with Crippen LogP contribution in [0.25, 0.3) is 0 Å². The van der Waals surface area contributed by atoms with Crippen LogP contribution in [-0.2, 0) is 9.47 Å². The van der Waals surface area contributed by atoms with Crippen molar-refractivity contribution in [1.29, 1.82) is 0 Å². The van der Waals surface area contributed by atoms with Gasteiger partial charge < -0.3 is 25.0 Å². The van der Waals surface area contributed by atoms with Crippen LogP contribution in [0.3, 0.4) is 0 Å². The van der Waals surface area contributed by atoms with Crippen molar-refractivity contribution in [1.82, 2.24) is 5.32 Å². The van der Waals surface area contributed by atoms with E-state index in [0.717, 1.165) is 5.17 Å². The molecular weight excluding hydrogens is 244 g/mol. The lowest BCUT2D eigenvalue weighted by atomic mass is 9.95. The molecule has 0 aromatic carbocycles. The Kier molecular flexibility index (Phi) is 3.94. The number of nitrogens with zero attached hydrogens (tertiary/aromatic N) is 1. The van der Waals surface area contributed by atoms with Crippen molar-refractivity contribution in [3.63, 3.8) is 0 Å². The van der Waals surface area contributed by atoms with E-state index in [-0.39, 0.29) is 11.5 Å². The number of hydrogen-bond acceptors (Lipinski definition) is 7. The third-order valence-corrected chi connectivity index (χ3v) is 4.30. The number of aliphatic imine (C=N–C) groups is 1. The maximum absolute atomic E-state index is 10.0. The molecule has 0 aromatic rings. The summed E-state index contributed by atoms with van der Waals surface area (Å²) in [4.78, 5) is 4.27. The fourth-order valence-corrected chi connectivity index (χ4v) is 3.10. The van der Waals surface area contributed by atoms with Crippen LogP contribution in [0.5, 0.6) is 0 Å². The van der Waals surface area contributed by atoms with Crippen molar-refractivity contribution in [2.45, 2.75) is 42.8 Å². The van der Waals surface area contributed by atoms with Gasteiger partial charge in [0.25, 0.3) is 0 Å². The quantitative estimate of drug-likeness (QED) is 0.602. The van der Waals surface area contributed by atoms with E-state index in [2.05, 4.69) is 10.3 Å². The molecule has 6 nitrogen and oxygen atoms in total. The van der Waals surface area contributed by atoms with E-state index >= 15 is 0 Å². The van der Waals surface area contributed by atoms with Crippen molar-refractivity contribution < 1.29 is 19.7 Å². The first-order chi connectivity index (χ1) is 8.08. The predicted molar refractivity (Wildman–Crippen MR) is 65.0 cm³/mol. The largest absolute Gasteiger partial charge is 0.388 e. The van der Waals surface area contributed by atoms with Crippen LogP contribution in [-0.4, -0.2) is 65.4 Å². The standard InChI is InChI=1S/C10H18N2O4S/c1-4(15-3)8-7(14)6(13)5-9(16-8)17-10(11-2)12-5/h4-9,13-14H,1-3H3,(H,11,12)/t4-,5-,6-,7+,8?,9-/m1/s1. The number of nitrogens with one attached hydrogen (secondary N) is 1. The molecule has 3 N–H and O–H groups in total. The Morgan fingerprint density at radius 3 is 2.76 bits per heavy atom. The third kappa shape index (κ3) is 2.30. The molecule has 2 aliphatic heterocycles. The summed E-state index contributed by atoms with van der Waals surface area (Å²) in [6.45, 7) is 1.81. The molecule has 1 fully saturated rings. The summed E-state index contributed by atoms with van der Waals surface area (Å²) in [7, 11) is 3.32. The number of rotatable bonds is 2. The number of hydrogen-bond donors (Lipinski definition) is 3. The van der Waals surface area contributed by atoms with E-state index < -0.39 is 24.4 Å². The molecule has 0 bridgehead atoms. The van der Waals surface area contributed by atoms with Crippen LogP contribution in [0.2, 0.25) is 0 Å². The van der Waals surface area contributed by atoms with Crippen LogP contribution in [0.1, 0.15) is 6.92 Å². The van der Waals surface area contributed by atoms with Crippen molar-refractivity contribution in [2.24, 2.45) is 4.99 Å². The van der Waals surface area contributed by atoms with Crippen molar-refractivity contribution in [3.8, 4) is 0 Å². The molecular formula is C10H18N2O4S. The van der Waals surface area contributed by atoms with Gasteiger partial charge in [0, 0.05) is 14.2 Å². The van der Waals surface area contributed by atoms with Crippen molar-refractivity contribution in [3.05, 3.63) is 0 Å². The summed E-state index contributed by atoms with van der Waals surface area (Å²) in [5.41, 5.74) is -0.265. The molecule has 7 heteroatoms. The lowest BCUT2D eigenvalue weighted by Gasteiger charge is -2.40. The highest BCUT2D eigenvalue weighted by molar-refractivity contribution is 8.14. The highest BCUT2D eigenvalue weighted by atomic mass is 32.2. The van der Waals surface area contributed by atoms with Crippen molar-refractivity contribution >= 4 is 16.9 Å². The zero-order valence-corrected chi connectivity index (χ0v) is 10.8. The van der Waals surface area contributed by atoms with Crippen molar-refractivity contribution in [2.75, 3.05) is 14.2 Å². The molecule has 0 amide bonds. The second-order valence-electron chi connectivity index (χ2n) is 4.18. The zero-order valence-electron chi connectivity index (χ0n) is 10.0. The van der Waals surface area contributed by atoms with Gasteiger partial charge in [-0.2, -0.15) is 0 Å². The molecule has 0 aromatic heterocycles. The minimum atomic E-state index is -0.980. The fraction of sp³-hybridized carbons (Fsp3) is 0.900. The lowest BCUT2D eigenvalue weighted by Crippen LogP contribution is -2.58. The molecule has 1 saturated heterocycles. The van der Waals surface area contributed by atoms with E-state index in [1.165, 1.54) is 11.8 Å². The normalized spacial score (nSPS) is 42.9. The summed E-state index contributed by atoms with van der Waals surface area (Å²) in [6, 6.07) is -0.419. The summed E-state index contributed by atoms with van der Waals surface area (Å²) in [5.74, 6) is 0. The SMILES string of the molecule is CNC1=N[C@@H]2[C@@H](O)[C@H](O)C([C@@H](C)OC)O[C@@H]2S1. The van der Waals surface area contributed by atoms with Crippen LogP contribution < -0.4 is 5.32 Å². The van der Waals surface area contributed by atoms with Gasteiger partial charge >= 0.3 is 0 Å². The number of aliphatic hydroxyl groups excluding tert-OH is 2. The van der Waals surface area contributed by atoms with Gasteiger partial charge in [-0.1, -0.05) is 11.8 Å². The molecule has 2 rings (SSSR count). The van der Waals surface area contributed by atoms with E-state index in [1.807, 2.05) is 0 Å². The van der Waals surface area contributed by atoms with Crippen LogP contribution in [0, 0.1) is 0 Å².